The van der Waals surface area contributed by atoms with Crippen LogP contribution in [0.5, 0.6) is 11.5 Å². The Kier molecular flexibility index (Phi) is 8.75. The number of carbonyl (C=O) groups is 2. The minimum absolute atomic E-state index is 0.157. The van der Waals surface area contributed by atoms with Crippen molar-refractivity contribution in [2.24, 2.45) is 0 Å². The van der Waals surface area contributed by atoms with Crippen LogP contribution in [-0.4, -0.2) is 31.2 Å². The number of hydrogen-bond acceptors (Lipinski definition) is 5. The molecule has 0 atom stereocenters. The number of hydroxylamine groups is 1. The second-order valence-electron chi connectivity index (χ2n) is 7.39. The van der Waals surface area contributed by atoms with Crippen LogP contribution in [0.2, 0.25) is 0 Å². The highest BCUT2D eigenvalue weighted by Gasteiger charge is 2.16. The smallest absolute Gasteiger partial charge is 0.267 e. The molecule has 0 heterocycles. The zero-order valence-electron chi connectivity index (χ0n) is 19.2. The largest absolute Gasteiger partial charge is 0.493 e. The van der Waals surface area contributed by atoms with E-state index in [1.54, 1.807) is 66.7 Å². The molecule has 8 heteroatoms. The zero-order chi connectivity index (χ0) is 25.2. The van der Waals surface area contributed by atoms with Gasteiger partial charge in [-0.05, 0) is 47.0 Å². The summed E-state index contributed by atoms with van der Waals surface area (Å²) in [6, 6.07) is 18.3. The average molecular weight is 477 g/mol. The number of rotatable bonds is 9. The molecule has 2 amide bonds. The summed E-state index contributed by atoms with van der Waals surface area (Å²) in [6.45, 7) is 0.206. The van der Waals surface area contributed by atoms with E-state index < -0.39 is 17.6 Å². The van der Waals surface area contributed by atoms with Crippen molar-refractivity contribution in [2.45, 2.75) is 6.54 Å². The van der Waals surface area contributed by atoms with E-state index in [2.05, 4.69) is 5.32 Å². The predicted molar refractivity (Wildman–Crippen MR) is 131 cm³/mol. The molecule has 3 N–H and O–H groups in total. The molecule has 0 unspecified atom stereocenters. The SMILES string of the molecule is COc1ccc(C=C(C(=O)NCc2ccc(/C=C/C(=O)NO)cc2)c2ccccc2F)cc1OC. The molecule has 3 aromatic rings. The van der Waals surface area contributed by atoms with Crippen molar-refractivity contribution in [2.75, 3.05) is 14.2 Å². The van der Waals surface area contributed by atoms with Crippen molar-refractivity contribution in [1.82, 2.24) is 10.8 Å². The lowest BCUT2D eigenvalue weighted by atomic mass is 10.0. The third-order valence-corrected chi connectivity index (χ3v) is 5.10. The van der Waals surface area contributed by atoms with Crippen molar-refractivity contribution in [3.63, 3.8) is 0 Å². The van der Waals surface area contributed by atoms with Crippen molar-refractivity contribution in [1.29, 1.82) is 0 Å². The summed E-state index contributed by atoms with van der Waals surface area (Å²) < 4.78 is 25.2. The molecule has 0 aliphatic rings. The molecule has 0 aliphatic carbocycles. The van der Waals surface area contributed by atoms with Gasteiger partial charge in [-0.3, -0.25) is 14.8 Å². The van der Waals surface area contributed by atoms with E-state index in [4.69, 9.17) is 14.7 Å². The molecule has 0 aliphatic heterocycles. The van der Waals surface area contributed by atoms with Crippen molar-refractivity contribution >= 4 is 29.5 Å². The van der Waals surface area contributed by atoms with Gasteiger partial charge in [0.2, 0.25) is 0 Å². The van der Waals surface area contributed by atoms with E-state index in [1.165, 1.54) is 37.9 Å². The van der Waals surface area contributed by atoms with Gasteiger partial charge in [-0.15, -0.1) is 0 Å². The Bertz CT molecular complexity index is 1250. The second-order valence-corrected chi connectivity index (χ2v) is 7.39. The standard InChI is InChI=1S/C27H25FN2O5/c1-34-24-13-11-20(16-25(24)35-2)15-22(21-5-3-4-6-23(21)28)27(32)29-17-19-9-7-18(8-10-19)12-14-26(31)30-33/h3-16,33H,17H2,1-2H3,(H,29,32)(H,30,31)/b14-12+,22-15?. The minimum atomic E-state index is -0.636. The summed E-state index contributed by atoms with van der Waals surface area (Å²) in [7, 11) is 3.04. The van der Waals surface area contributed by atoms with Crippen molar-refractivity contribution in [3.8, 4) is 11.5 Å². The van der Waals surface area contributed by atoms with Gasteiger partial charge >= 0.3 is 0 Å². The topological polar surface area (TPSA) is 96.9 Å². The second kappa shape index (κ2) is 12.2. The fourth-order valence-electron chi connectivity index (χ4n) is 3.29. The van der Waals surface area contributed by atoms with E-state index in [9.17, 15) is 14.0 Å². The summed E-state index contributed by atoms with van der Waals surface area (Å²) in [4.78, 5) is 24.2. The Morgan fingerprint density at radius 1 is 0.943 bits per heavy atom. The number of ether oxygens (including phenoxy) is 2. The highest BCUT2D eigenvalue weighted by atomic mass is 19.1. The van der Waals surface area contributed by atoms with Crippen LogP contribution >= 0.6 is 0 Å². The summed E-state index contributed by atoms with van der Waals surface area (Å²) in [5.74, 6) is -0.578. The van der Waals surface area contributed by atoms with Gasteiger partial charge in [-0.25, -0.2) is 9.87 Å². The van der Waals surface area contributed by atoms with Gasteiger partial charge in [-0.2, -0.15) is 0 Å². The summed E-state index contributed by atoms with van der Waals surface area (Å²) in [5, 5.41) is 11.4. The lowest BCUT2D eigenvalue weighted by Crippen LogP contribution is -2.24. The molecule has 7 nitrogen and oxygen atoms in total. The minimum Gasteiger partial charge on any atom is -0.493 e. The normalized spacial score (nSPS) is 11.3. The maximum absolute atomic E-state index is 14.6. The maximum Gasteiger partial charge on any atom is 0.267 e. The number of nitrogens with one attached hydrogen (secondary N) is 2. The van der Waals surface area contributed by atoms with Crippen LogP contribution in [0.3, 0.4) is 0 Å². The predicted octanol–water partition coefficient (Wildman–Crippen LogP) is 4.22. The van der Waals surface area contributed by atoms with E-state index >= 15 is 0 Å². The summed E-state index contributed by atoms with van der Waals surface area (Å²) >= 11 is 0. The number of benzene rings is 3. The first-order chi connectivity index (χ1) is 16.9. The van der Waals surface area contributed by atoms with Crippen LogP contribution in [0.15, 0.2) is 72.8 Å². The molecule has 180 valence electrons. The molecule has 0 saturated carbocycles. The number of halogens is 1. The van der Waals surface area contributed by atoms with Gasteiger partial charge in [0.1, 0.15) is 5.82 Å². The third kappa shape index (κ3) is 6.78. The molecule has 35 heavy (non-hydrogen) atoms. The first-order valence-corrected chi connectivity index (χ1v) is 10.6. The molecule has 0 bridgehead atoms. The summed E-state index contributed by atoms with van der Waals surface area (Å²) in [5.41, 5.74) is 4.03. The third-order valence-electron chi connectivity index (χ3n) is 5.10. The fraction of sp³-hybridized carbons (Fsp3) is 0.111. The average Bonchev–Trinajstić information content (AvgIpc) is 2.89. The Balaban J connectivity index is 1.83. The van der Waals surface area contributed by atoms with Gasteiger partial charge in [0, 0.05) is 18.2 Å². The Morgan fingerprint density at radius 3 is 2.29 bits per heavy atom. The molecule has 0 aromatic heterocycles. The number of methoxy groups -OCH3 is 2. The number of amides is 2. The molecular weight excluding hydrogens is 451 g/mol. The Labute approximate surface area is 202 Å². The first-order valence-electron chi connectivity index (χ1n) is 10.6. The lowest BCUT2D eigenvalue weighted by Gasteiger charge is -2.12. The highest BCUT2D eigenvalue weighted by molar-refractivity contribution is 6.24. The fourth-order valence-corrected chi connectivity index (χ4v) is 3.29. The first kappa shape index (κ1) is 25.2. The number of carbonyl (C=O) groups excluding carboxylic acids is 2. The van der Waals surface area contributed by atoms with Crippen LogP contribution < -0.4 is 20.3 Å². The van der Waals surface area contributed by atoms with Crippen LogP contribution in [0, 0.1) is 5.82 Å². The van der Waals surface area contributed by atoms with Gasteiger partial charge in [0.05, 0.1) is 19.8 Å². The van der Waals surface area contributed by atoms with Gasteiger partial charge in [0.25, 0.3) is 11.8 Å². The zero-order valence-corrected chi connectivity index (χ0v) is 19.2. The molecular formula is C27H25FN2O5. The quantitative estimate of drug-likeness (QED) is 0.186. The van der Waals surface area contributed by atoms with Crippen LogP contribution in [0.1, 0.15) is 22.3 Å². The van der Waals surface area contributed by atoms with Gasteiger partial charge in [0.15, 0.2) is 11.5 Å². The molecule has 3 aromatic carbocycles. The van der Waals surface area contributed by atoms with Crippen LogP contribution in [-0.2, 0) is 16.1 Å². The molecule has 0 spiro atoms. The van der Waals surface area contributed by atoms with E-state index in [-0.39, 0.29) is 17.7 Å². The van der Waals surface area contributed by atoms with Gasteiger partial charge in [-0.1, -0.05) is 48.5 Å². The molecule has 3 rings (SSSR count). The van der Waals surface area contributed by atoms with E-state index in [1.807, 2.05) is 0 Å². The summed E-state index contributed by atoms with van der Waals surface area (Å²) in [6.07, 6.45) is 4.32. The molecule has 0 fully saturated rings. The Morgan fingerprint density at radius 2 is 1.63 bits per heavy atom. The van der Waals surface area contributed by atoms with E-state index in [0.29, 0.717) is 17.1 Å². The maximum atomic E-state index is 14.6. The Hall–Kier alpha value is -4.43. The van der Waals surface area contributed by atoms with Crippen molar-refractivity contribution in [3.05, 3.63) is 101 Å². The monoisotopic (exact) mass is 476 g/mol. The van der Waals surface area contributed by atoms with Crippen LogP contribution in [0.25, 0.3) is 17.7 Å². The van der Waals surface area contributed by atoms with E-state index in [0.717, 1.165) is 11.1 Å². The molecule has 0 radical (unpaired) electrons. The highest BCUT2D eigenvalue weighted by Crippen LogP contribution is 2.30. The molecule has 0 saturated heterocycles. The lowest BCUT2D eigenvalue weighted by molar-refractivity contribution is -0.124. The van der Waals surface area contributed by atoms with Gasteiger partial charge < -0.3 is 14.8 Å². The van der Waals surface area contributed by atoms with Crippen molar-refractivity contribution < 1.29 is 28.7 Å². The number of hydrogen-bond donors (Lipinski definition) is 3. The van der Waals surface area contributed by atoms with Crippen LogP contribution in [0.4, 0.5) is 4.39 Å².